The highest BCUT2D eigenvalue weighted by Gasteiger charge is 2.20. The van der Waals surface area contributed by atoms with Crippen LogP contribution in [0.5, 0.6) is 0 Å². The van der Waals surface area contributed by atoms with Crippen LogP contribution in [0, 0.1) is 12.8 Å². The molecule has 122 valence electrons. The molecule has 4 heteroatoms. The second-order valence-corrected chi connectivity index (χ2v) is 6.36. The van der Waals surface area contributed by atoms with Crippen LogP contribution in [0.25, 0.3) is 5.69 Å². The van der Waals surface area contributed by atoms with Gasteiger partial charge in [0.2, 0.25) is 5.91 Å². The van der Waals surface area contributed by atoms with Gasteiger partial charge in [-0.3, -0.25) is 4.79 Å². The highest BCUT2D eigenvalue weighted by molar-refractivity contribution is 5.78. The summed E-state index contributed by atoms with van der Waals surface area (Å²) in [6, 6.07) is 10.2. The number of amides is 1. The van der Waals surface area contributed by atoms with Gasteiger partial charge >= 0.3 is 0 Å². The van der Waals surface area contributed by atoms with Crippen molar-refractivity contribution >= 4 is 5.91 Å². The summed E-state index contributed by atoms with van der Waals surface area (Å²) in [7, 11) is 0. The molecule has 0 saturated heterocycles. The lowest BCUT2D eigenvalue weighted by atomic mass is 9.89. The number of benzene rings is 1. The van der Waals surface area contributed by atoms with E-state index in [0.29, 0.717) is 6.54 Å². The minimum atomic E-state index is 0.226. The zero-order valence-corrected chi connectivity index (χ0v) is 13.8. The van der Waals surface area contributed by atoms with Crippen molar-refractivity contribution in [2.24, 2.45) is 5.92 Å². The lowest BCUT2D eigenvalue weighted by Gasteiger charge is -2.20. The minimum Gasteiger partial charge on any atom is -0.355 e. The summed E-state index contributed by atoms with van der Waals surface area (Å²) in [5.41, 5.74) is 2.14. The van der Waals surface area contributed by atoms with E-state index >= 15 is 0 Å². The number of aryl methyl sites for hydroxylation is 1. The second-order valence-electron chi connectivity index (χ2n) is 6.36. The Morgan fingerprint density at radius 3 is 2.70 bits per heavy atom. The van der Waals surface area contributed by atoms with Crippen molar-refractivity contribution in [2.45, 2.75) is 45.4 Å². The Labute approximate surface area is 137 Å². The molecular formula is C19H25N3O. The van der Waals surface area contributed by atoms with Crippen LogP contribution in [-0.4, -0.2) is 22.0 Å². The Hall–Kier alpha value is -2.10. The summed E-state index contributed by atoms with van der Waals surface area (Å²) in [4.78, 5) is 16.8. The SMILES string of the molecule is Cc1nc(CCNC(=O)C2CCCCC2)cn1-c1ccccc1. The van der Waals surface area contributed by atoms with E-state index in [9.17, 15) is 4.79 Å². The van der Waals surface area contributed by atoms with E-state index in [2.05, 4.69) is 33.2 Å². The van der Waals surface area contributed by atoms with Crippen molar-refractivity contribution in [3.8, 4) is 5.69 Å². The van der Waals surface area contributed by atoms with Crippen LogP contribution >= 0.6 is 0 Å². The average Bonchev–Trinajstić information content (AvgIpc) is 2.97. The number of hydrogen-bond acceptors (Lipinski definition) is 2. The summed E-state index contributed by atoms with van der Waals surface area (Å²) in [6.45, 7) is 2.68. The van der Waals surface area contributed by atoms with E-state index in [1.54, 1.807) is 0 Å². The highest BCUT2D eigenvalue weighted by atomic mass is 16.1. The number of nitrogens with zero attached hydrogens (tertiary/aromatic N) is 2. The van der Waals surface area contributed by atoms with Crippen LogP contribution in [0.1, 0.15) is 43.6 Å². The first-order valence-electron chi connectivity index (χ1n) is 8.62. The van der Waals surface area contributed by atoms with Gasteiger partial charge in [-0.05, 0) is 31.9 Å². The first-order chi connectivity index (χ1) is 11.2. The van der Waals surface area contributed by atoms with Gasteiger partial charge in [-0.25, -0.2) is 4.98 Å². The third kappa shape index (κ3) is 4.01. The van der Waals surface area contributed by atoms with Crippen molar-refractivity contribution in [3.05, 3.63) is 48.0 Å². The van der Waals surface area contributed by atoms with Gasteiger partial charge in [-0.1, -0.05) is 37.5 Å². The molecule has 0 bridgehead atoms. The highest BCUT2D eigenvalue weighted by Crippen LogP contribution is 2.23. The Morgan fingerprint density at radius 1 is 1.22 bits per heavy atom. The van der Waals surface area contributed by atoms with Crippen molar-refractivity contribution < 1.29 is 4.79 Å². The number of hydrogen-bond donors (Lipinski definition) is 1. The predicted octanol–water partition coefficient (Wildman–Crippen LogP) is 3.42. The topological polar surface area (TPSA) is 46.9 Å². The van der Waals surface area contributed by atoms with Gasteiger partial charge in [-0.15, -0.1) is 0 Å². The van der Waals surface area contributed by atoms with Gasteiger partial charge in [0.05, 0.1) is 5.69 Å². The van der Waals surface area contributed by atoms with E-state index in [1.807, 2.05) is 25.1 Å². The average molecular weight is 311 g/mol. The van der Waals surface area contributed by atoms with Gasteiger partial charge < -0.3 is 9.88 Å². The summed E-state index contributed by atoms with van der Waals surface area (Å²) in [6.07, 6.45) is 8.61. The lowest BCUT2D eigenvalue weighted by Crippen LogP contribution is -2.33. The van der Waals surface area contributed by atoms with E-state index in [4.69, 9.17) is 0 Å². The maximum absolute atomic E-state index is 12.1. The number of carbonyl (C=O) groups excluding carboxylic acids is 1. The van der Waals surface area contributed by atoms with Gasteiger partial charge in [0.25, 0.3) is 0 Å². The van der Waals surface area contributed by atoms with Gasteiger partial charge in [0.1, 0.15) is 5.82 Å². The Kier molecular flexibility index (Phi) is 5.11. The molecule has 0 unspecified atom stereocenters. The molecular weight excluding hydrogens is 286 g/mol. The fourth-order valence-electron chi connectivity index (χ4n) is 3.33. The second kappa shape index (κ2) is 7.44. The lowest BCUT2D eigenvalue weighted by molar-refractivity contribution is -0.125. The number of para-hydroxylation sites is 1. The monoisotopic (exact) mass is 311 g/mol. The van der Waals surface area contributed by atoms with Crippen LogP contribution in [0.15, 0.2) is 36.5 Å². The molecule has 1 fully saturated rings. The standard InChI is InChI=1S/C19H25N3O/c1-15-21-17(14-22(15)18-10-6-3-7-11-18)12-13-20-19(23)16-8-4-2-5-9-16/h3,6-7,10-11,14,16H,2,4-5,8-9,12-13H2,1H3,(H,20,23). The van der Waals surface area contributed by atoms with Crippen LogP contribution in [0.4, 0.5) is 0 Å². The molecule has 0 aliphatic heterocycles. The number of rotatable bonds is 5. The molecule has 0 atom stereocenters. The van der Waals surface area contributed by atoms with E-state index < -0.39 is 0 Å². The Bertz CT molecular complexity index is 642. The van der Waals surface area contributed by atoms with Crippen LogP contribution in [0.2, 0.25) is 0 Å². The normalized spacial score (nSPS) is 15.5. The largest absolute Gasteiger partial charge is 0.355 e. The molecule has 1 aliphatic rings. The third-order valence-corrected chi connectivity index (χ3v) is 4.62. The fourth-order valence-corrected chi connectivity index (χ4v) is 3.33. The van der Waals surface area contributed by atoms with Crippen LogP contribution in [0.3, 0.4) is 0 Å². The first kappa shape index (κ1) is 15.8. The van der Waals surface area contributed by atoms with Crippen molar-refractivity contribution in [1.82, 2.24) is 14.9 Å². The Balaban J connectivity index is 1.54. The number of carbonyl (C=O) groups is 1. The molecule has 1 heterocycles. The quantitative estimate of drug-likeness (QED) is 0.919. The van der Waals surface area contributed by atoms with Crippen molar-refractivity contribution in [1.29, 1.82) is 0 Å². The fraction of sp³-hybridized carbons (Fsp3) is 0.474. The molecule has 1 aromatic carbocycles. The molecule has 4 nitrogen and oxygen atoms in total. The molecule has 0 spiro atoms. The molecule has 2 aromatic rings. The molecule has 1 aromatic heterocycles. The summed E-state index contributed by atoms with van der Waals surface area (Å²) >= 11 is 0. The van der Waals surface area contributed by atoms with E-state index in [0.717, 1.165) is 36.5 Å². The first-order valence-corrected chi connectivity index (χ1v) is 8.62. The predicted molar refractivity (Wildman–Crippen MR) is 91.6 cm³/mol. The van der Waals surface area contributed by atoms with E-state index in [-0.39, 0.29) is 11.8 Å². The Morgan fingerprint density at radius 2 is 1.96 bits per heavy atom. The molecule has 0 radical (unpaired) electrons. The maximum Gasteiger partial charge on any atom is 0.223 e. The van der Waals surface area contributed by atoms with E-state index in [1.165, 1.54) is 19.3 Å². The molecule has 23 heavy (non-hydrogen) atoms. The molecule has 1 amide bonds. The summed E-state index contributed by atoms with van der Waals surface area (Å²) < 4.78 is 2.10. The van der Waals surface area contributed by atoms with Crippen molar-refractivity contribution in [2.75, 3.05) is 6.54 Å². The minimum absolute atomic E-state index is 0.226. The van der Waals surface area contributed by atoms with Crippen LogP contribution < -0.4 is 5.32 Å². The molecule has 1 saturated carbocycles. The summed E-state index contributed by atoms with van der Waals surface area (Å²) in [5, 5.41) is 3.08. The zero-order chi connectivity index (χ0) is 16.1. The van der Waals surface area contributed by atoms with Gasteiger partial charge in [0, 0.05) is 30.8 Å². The molecule has 3 rings (SSSR count). The number of nitrogens with one attached hydrogen (secondary N) is 1. The smallest absolute Gasteiger partial charge is 0.223 e. The molecule has 1 N–H and O–H groups in total. The van der Waals surface area contributed by atoms with Gasteiger partial charge in [0.15, 0.2) is 0 Å². The summed E-state index contributed by atoms with van der Waals surface area (Å²) in [5.74, 6) is 1.43. The number of aromatic nitrogens is 2. The number of imidazole rings is 1. The van der Waals surface area contributed by atoms with Gasteiger partial charge in [-0.2, -0.15) is 0 Å². The zero-order valence-electron chi connectivity index (χ0n) is 13.8. The van der Waals surface area contributed by atoms with Crippen LogP contribution in [-0.2, 0) is 11.2 Å². The molecule has 1 aliphatic carbocycles. The maximum atomic E-state index is 12.1. The third-order valence-electron chi connectivity index (χ3n) is 4.62. The van der Waals surface area contributed by atoms with Crippen molar-refractivity contribution in [3.63, 3.8) is 0 Å².